The SMILES string of the molecule is O=C1S/C(=C\c2ccccc2OS(=O)(=O)c2ccc([N+](=O)[O-])cc2)C(=O)N1Cc1ccc([N+](=O)[O-])cc1. The van der Waals surface area contributed by atoms with E-state index in [1.807, 2.05) is 0 Å². The second-order valence-electron chi connectivity index (χ2n) is 7.52. The number of hydrogen-bond donors (Lipinski definition) is 0. The summed E-state index contributed by atoms with van der Waals surface area (Å²) in [5.41, 5.74) is 0.294. The summed E-state index contributed by atoms with van der Waals surface area (Å²) in [7, 11) is -4.37. The Morgan fingerprint density at radius 3 is 2.03 bits per heavy atom. The average Bonchev–Trinajstić information content (AvgIpc) is 3.12. The van der Waals surface area contributed by atoms with Gasteiger partial charge in [0.2, 0.25) is 0 Å². The largest absolute Gasteiger partial charge is 0.378 e. The Bertz CT molecular complexity index is 1550. The molecule has 1 aliphatic heterocycles. The van der Waals surface area contributed by atoms with Crippen LogP contribution >= 0.6 is 11.8 Å². The van der Waals surface area contributed by atoms with Crippen LogP contribution in [0.3, 0.4) is 0 Å². The molecule has 37 heavy (non-hydrogen) atoms. The van der Waals surface area contributed by atoms with E-state index in [-0.39, 0.29) is 39.0 Å². The summed E-state index contributed by atoms with van der Waals surface area (Å²) in [6.45, 7) is -0.104. The number of amides is 2. The number of nitro benzene ring substituents is 2. The van der Waals surface area contributed by atoms with Gasteiger partial charge in [0, 0.05) is 29.8 Å². The van der Waals surface area contributed by atoms with E-state index in [1.165, 1.54) is 48.5 Å². The van der Waals surface area contributed by atoms with E-state index in [1.54, 1.807) is 6.07 Å². The molecular weight excluding hydrogens is 526 g/mol. The van der Waals surface area contributed by atoms with Gasteiger partial charge in [-0.1, -0.05) is 30.3 Å². The van der Waals surface area contributed by atoms with E-state index in [0.29, 0.717) is 17.3 Å². The number of rotatable bonds is 8. The van der Waals surface area contributed by atoms with Crippen LogP contribution in [0.2, 0.25) is 0 Å². The fraction of sp³-hybridized carbons (Fsp3) is 0.0435. The van der Waals surface area contributed by atoms with Crippen molar-refractivity contribution in [3.05, 3.63) is 109 Å². The fourth-order valence-corrected chi connectivity index (χ4v) is 5.04. The lowest BCUT2D eigenvalue weighted by atomic mass is 10.1. The van der Waals surface area contributed by atoms with Gasteiger partial charge in [-0.05, 0) is 41.6 Å². The molecule has 1 saturated heterocycles. The normalized spacial score (nSPS) is 14.7. The van der Waals surface area contributed by atoms with E-state index in [0.717, 1.165) is 29.2 Å². The van der Waals surface area contributed by atoms with Crippen LogP contribution in [0.25, 0.3) is 6.08 Å². The number of nitro groups is 2. The lowest BCUT2D eigenvalue weighted by Crippen LogP contribution is -2.27. The molecule has 0 bridgehead atoms. The molecule has 1 aliphatic rings. The van der Waals surface area contributed by atoms with Crippen molar-refractivity contribution in [3.63, 3.8) is 0 Å². The van der Waals surface area contributed by atoms with Crippen LogP contribution in [0.15, 0.2) is 82.6 Å². The predicted molar refractivity (Wildman–Crippen MR) is 132 cm³/mol. The van der Waals surface area contributed by atoms with Crippen LogP contribution in [0.5, 0.6) is 5.75 Å². The molecule has 12 nitrogen and oxygen atoms in total. The Morgan fingerprint density at radius 1 is 0.865 bits per heavy atom. The second kappa shape index (κ2) is 10.2. The Balaban J connectivity index is 1.55. The predicted octanol–water partition coefficient (Wildman–Crippen LogP) is 4.51. The molecule has 0 atom stereocenters. The molecule has 0 unspecified atom stereocenters. The van der Waals surface area contributed by atoms with Gasteiger partial charge in [-0.15, -0.1) is 0 Å². The Hall–Kier alpha value is -4.56. The maximum absolute atomic E-state index is 12.9. The third-order valence-electron chi connectivity index (χ3n) is 5.10. The number of hydrogen-bond acceptors (Lipinski definition) is 10. The Labute approximate surface area is 213 Å². The summed E-state index contributed by atoms with van der Waals surface area (Å²) in [5, 5.41) is 21.1. The molecule has 14 heteroatoms. The standard InChI is InChI=1S/C23H15N3O9S2/c27-22-21(36-23(28)24(22)14-15-5-7-17(8-6-15)25(29)30)13-16-3-1-2-4-20(16)35-37(33,34)19-11-9-18(10-12-19)26(31)32/h1-13H,14H2/b21-13-. The van der Waals surface area contributed by atoms with Crippen molar-refractivity contribution < 1.29 is 32.0 Å². The fourth-order valence-electron chi connectivity index (χ4n) is 3.26. The maximum atomic E-state index is 12.9. The van der Waals surface area contributed by atoms with E-state index in [9.17, 15) is 38.2 Å². The van der Waals surface area contributed by atoms with Gasteiger partial charge in [-0.3, -0.25) is 34.7 Å². The van der Waals surface area contributed by atoms with Gasteiger partial charge < -0.3 is 4.18 Å². The molecule has 0 radical (unpaired) electrons. The summed E-state index contributed by atoms with van der Waals surface area (Å²) in [4.78, 5) is 46.5. The maximum Gasteiger partial charge on any atom is 0.339 e. The highest BCUT2D eigenvalue weighted by molar-refractivity contribution is 8.18. The van der Waals surface area contributed by atoms with Crippen LogP contribution in [0, 0.1) is 20.2 Å². The third kappa shape index (κ3) is 5.65. The molecule has 1 heterocycles. The number of para-hydroxylation sites is 1. The van der Waals surface area contributed by atoms with Gasteiger partial charge in [0.1, 0.15) is 10.6 Å². The molecule has 4 rings (SSSR count). The average molecular weight is 542 g/mol. The highest BCUT2D eigenvalue weighted by Crippen LogP contribution is 2.35. The zero-order chi connectivity index (χ0) is 26.7. The van der Waals surface area contributed by atoms with Gasteiger partial charge in [0.15, 0.2) is 0 Å². The molecule has 3 aromatic carbocycles. The lowest BCUT2D eigenvalue weighted by molar-refractivity contribution is -0.385. The Kier molecular flexibility index (Phi) is 7.04. The second-order valence-corrected chi connectivity index (χ2v) is 10.1. The number of nitrogens with zero attached hydrogens (tertiary/aromatic N) is 3. The van der Waals surface area contributed by atoms with Crippen molar-refractivity contribution in [2.45, 2.75) is 11.4 Å². The first-order valence-corrected chi connectivity index (χ1v) is 12.5. The Morgan fingerprint density at radius 2 is 1.43 bits per heavy atom. The van der Waals surface area contributed by atoms with Crippen molar-refractivity contribution in [1.82, 2.24) is 4.90 Å². The summed E-state index contributed by atoms with van der Waals surface area (Å²) in [5.74, 6) is -0.746. The quantitative estimate of drug-likeness (QED) is 0.171. The molecule has 1 fully saturated rings. The molecule has 0 aliphatic carbocycles. The first-order valence-electron chi connectivity index (χ1n) is 10.3. The molecule has 188 valence electrons. The first kappa shape index (κ1) is 25.5. The molecule has 0 N–H and O–H groups in total. The minimum Gasteiger partial charge on any atom is -0.378 e. The zero-order valence-electron chi connectivity index (χ0n) is 18.5. The van der Waals surface area contributed by atoms with Gasteiger partial charge >= 0.3 is 10.1 Å². The van der Waals surface area contributed by atoms with E-state index >= 15 is 0 Å². The summed E-state index contributed by atoms with van der Waals surface area (Å²) in [6, 6.07) is 15.5. The molecule has 2 amide bonds. The smallest absolute Gasteiger partial charge is 0.339 e. The number of benzene rings is 3. The van der Waals surface area contributed by atoms with Crippen molar-refractivity contribution in [1.29, 1.82) is 0 Å². The van der Waals surface area contributed by atoms with Crippen LogP contribution < -0.4 is 4.18 Å². The summed E-state index contributed by atoms with van der Waals surface area (Å²) < 4.78 is 30.7. The topological polar surface area (TPSA) is 167 Å². The van der Waals surface area contributed by atoms with Crippen molar-refractivity contribution in [2.24, 2.45) is 0 Å². The van der Waals surface area contributed by atoms with E-state index in [2.05, 4.69) is 0 Å². The van der Waals surface area contributed by atoms with Gasteiger partial charge in [-0.25, -0.2) is 0 Å². The highest BCUT2D eigenvalue weighted by atomic mass is 32.2. The van der Waals surface area contributed by atoms with Gasteiger partial charge in [0.05, 0.1) is 21.3 Å². The first-order chi connectivity index (χ1) is 17.5. The number of imide groups is 1. The van der Waals surface area contributed by atoms with Crippen LogP contribution in [-0.2, 0) is 21.5 Å². The molecule has 0 saturated carbocycles. The number of thioether (sulfide) groups is 1. The lowest BCUT2D eigenvalue weighted by Gasteiger charge is -2.12. The monoisotopic (exact) mass is 541 g/mol. The molecular formula is C23H15N3O9S2. The van der Waals surface area contributed by atoms with Gasteiger partial charge in [-0.2, -0.15) is 8.42 Å². The highest BCUT2D eigenvalue weighted by Gasteiger charge is 2.35. The van der Waals surface area contributed by atoms with Crippen LogP contribution in [-0.4, -0.2) is 34.3 Å². The summed E-state index contributed by atoms with van der Waals surface area (Å²) >= 11 is 0.653. The van der Waals surface area contributed by atoms with E-state index in [4.69, 9.17) is 4.18 Å². The van der Waals surface area contributed by atoms with E-state index < -0.39 is 31.1 Å². The van der Waals surface area contributed by atoms with Crippen LogP contribution in [0.4, 0.5) is 16.2 Å². The molecule has 0 aromatic heterocycles. The third-order valence-corrected chi connectivity index (χ3v) is 7.26. The summed E-state index contributed by atoms with van der Waals surface area (Å²) in [6.07, 6.45) is 1.32. The number of non-ortho nitro benzene ring substituents is 2. The van der Waals surface area contributed by atoms with Crippen LogP contribution in [0.1, 0.15) is 11.1 Å². The minimum absolute atomic E-state index is 0.0238. The zero-order valence-corrected chi connectivity index (χ0v) is 20.2. The van der Waals surface area contributed by atoms with Gasteiger partial charge in [0.25, 0.3) is 22.5 Å². The van der Waals surface area contributed by atoms with Crippen molar-refractivity contribution >= 4 is 50.5 Å². The van der Waals surface area contributed by atoms with Crippen molar-refractivity contribution in [2.75, 3.05) is 0 Å². The van der Waals surface area contributed by atoms with Crippen molar-refractivity contribution in [3.8, 4) is 5.75 Å². The number of carbonyl (C=O) groups excluding carboxylic acids is 2. The molecule has 3 aromatic rings. The number of carbonyl (C=O) groups is 2. The minimum atomic E-state index is -4.37. The molecule has 0 spiro atoms.